The highest BCUT2D eigenvalue weighted by molar-refractivity contribution is 5.76. The van der Waals surface area contributed by atoms with E-state index in [4.69, 9.17) is 5.73 Å². The SMILES string of the molecule is CC(=O)C[C@H](CN)c1cccc(C(C)C)c1. The van der Waals surface area contributed by atoms with Crippen LogP contribution >= 0.6 is 0 Å². The molecule has 0 saturated carbocycles. The highest BCUT2D eigenvalue weighted by atomic mass is 16.1. The summed E-state index contributed by atoms with van der Waals surface area (Å²) in [6.45, 7) is 6.49. The molecule has 1 rings (SSSR count). The van der Waals surface area contributed by atoms with Crippen LogP contribution in [0.1, 0.15) is 50.2 Å². The monoisotopic (exact) mass is 219 g/mol. The van der Waals surface area contributed by atoms with Crippen LogP contribution in [0.4, 0.5) is 0 Å². The largest absolute Gasteiger partial charge is 0.330 e. The van der Waals surface area contributed by atoms with Crippen molar-refractivity contribution in [3.05, 3.63) is 35.4 Å². The van der Waals surface area contributed by atoms with Crippen molar-refractivity contribution < 1.29 is 4.79 Å². The minimum atomic E-state index is 0.163. The third-order valence-electron chi connectivity index (χ3n) is 2.87. The van der Waals surface area contributed by atoms with Gasteiger partial charge in [0.05, 0.1) is 0 Å². The van der Waals surface area contributed by atoms with E-state index in [-0.39, 0.29) is 11.7 Å². The van der Waals surface area contributed by atoms with Gasteiger partial charge in [0.15, 0.2) is 0 Å². The molecule has 0 aliphatic carbocycles. The third kappa shape index (κ3) is 3.46. The minimum absolute atomic E-state index is 0.163. The molecule has 0 aliphatic heterocycles. The molecule has 88 valence electrons. The maximum atomic E-state index is 11.1. The van der Waals surface area contributed by atoms with Crippen LogP contribution in [0.2, 0.25) is 0 Å². The summed E-state index contributed by atoms with van der Waals surface area (Å²) >= 11 is 0. The Balaban J connectivity index is 2.92. The Bertz CT molecular complexity index is 358. The summed E-state index contributed by atoms with van der Waals surface area (Å²) in [6.07, 6.45) is 0.540. The molecule has 1 atom stereocenters. The molecule has 0 fully saturated rings. The number of carbonyl (C=O) groups is 1. The Labute approximate surface area is 97.9 Å². The van der Waals surface area contributed by atoms with Crippen molar-refractivity contribution in [2.45, 2.75) is 39.0 Å². The first-order valence-electron chi connectivity index (χ1n) is 5.84. The lowest BCUT2D eigenvalue weighted by Crippen LogP contribution is -2.15. The number of hydrogen-bond acceptors (Lipinski definition) is 2. The van der Waals surface area contributed by atoms with Crippen LogP contribution in [0.15, 0.2) is 24.3 Å². The zero-order chi connectivity index (χ0) is 12.1. The molecule has 2 nitrogen and oxygen atoms in total. The van der Waals surface area contributed by atoms with Crippen LogP contribution in [0, 0.1) is 0 Å². The quantitative estimate of drug-likeness (QED) is 0.827. The lowest BCUT2D eigenvalue weighted by atomic mass is 9.91. The van der Waals surface area contributed by atoms with E-state index in [1.54, 1.807) is 6.92 Å². The molecule has 0 aromatic heterocycles. The van der Waals surface area contributed by atoms with Crippen molar-refractivity contribution in [3.8, 4) is 0 Å². The third-order valence-corrected chi connectivity index (χ3v) is 2.87. The van der Waals surface area contributed by atoms with Gasteiger partial charge >= 0.3 is 0 Å². The number of carbonyl (C=O) groups excluding carboxylic acids is 1. The van der Waals surface area contributed by atoms with E-state index in [0.717, 1.165) is 0 Å². The van der Waals surface area contributed by atoms with Gasteiger partial charge in [-0.2, -0.15) is 0 Å². The van der Waals surface area contributed by atoms with Gasteiger partial charge in [0.25, 0.3) is 0 Å². The van der Waals surface area contributed by atoms with E-state index in [9.17, 15) is 4.79 Å². The summed E-state index contributed by atoms with van der Waals surface area (Å²) < 4.78 is 0. The Morgan fingerprint density at radius 1 is 1.31 bits per heavy atom. The van der Waals surface area contributed by atoms with Gasteiger partial charge in [-0.15, -0.1) is 0 Å². The fourth-order valence-electron chi connectivity index (χ4n) is 1.86. The molecule has 0 amide bonds. The van der Waals surface area contributed by atoms with E-state index in [1.807, 2.05) is 6.07 Å². The van der Waals surface area contributed by atoms with Gasteiger partial charge in [-0.1, -0.05) is 38.1 Å². The Kier molecular flexibility index (Phi) is 4.69. The van der Waals surface area contributed by atoms with Crippen LogP contribution in [0.3, 0.4) is 0 Å². The molecule has 0 spiro atoms. The van der Waals surface area contributed by atoms with Crippen molar-refractivity contribution in [1.82, 2.24) is 0 Å². The van der Waals surface area contributed by atoms with E-state index in [1.165, 1.54) is 11.1 Å². The average molecular weight is 219 g/mol. The first kappa shape index (κ1) is 12.9. The fourth-order valence-corrected chi connectivity index (χ4v) is 1.86. The topological polar surface area (TPSA) is 43.1 Å². The molecular weight excluding hydrogens is 198 g/mol. The van der Waals surface area contributed by atoms with Crippen molar-refractivity contribution in [2.75, 3.05) is 6.54 Å². The summed E-state index contributed by atoms with van der Waals surface area (Å²) in [6, 6.07) is 8.40. The standard InChI is InChI=1S/C14H21NO/c1-10(2)12-5-4-6-13(8-12)14(9-15)7-11(3)16/h4-6,8,10,14H,7,9,15H2,1-3H3/t14-/m1/s1. The molecule has 2 heteroatoms. The van der Waals surface area contributed by atoms with Crippen molar-refractivity contribution >= 4 is 5.78 Å². The number of Topliss-reactive ketones (excluding diaryl/α,β-unsaturated/α-hetero) is 1. The molecule has 1 aromatic rings. The highest BCUT2D eigenvalue weighted by Gasteiger charge is 2.12. The summed E-state index contributed by atoms with van der Waals surface area (Å²) in [5.41, 5.74) is 8.22. The maximum absolute atomic E-state index is 11.1. The number of hydrogen-bond donors (Lipinski definition) is 1. The van der Waals surface area contributed by atoms with E-state index in [2.05, 4.69) is 32.0 Å². The van der Waals surface area contributed by atoms with Crippen LogP contribution in [0.25, 0.3) is 0 Å². The Morgan fingerprint density at radius 2 is 1.94 bits per heavy atom. The second kappa shape index (κ2) is 5.80. The molecule has 0 heterocycles. The van der Waals surface area contributed by atoms with Crippen molar-refractivity contribution in [1.29, 1.82) is 0 Å². The Hall–Kier alpha value is -1.15. The number of ketones is 1. The summed E-state index contributed by atoms with van der Waals surface area (Å²) in [4.78, 5) is 11.1. The number of nitrogens with two attached hydrogens (primary N) is 1. The first-order valence-corrected chi connectivity index (χ1v) is 5.84. The van der Waals surface area contributed by atoms with E-state index in [0.29, 0.717) is 18.9 Å². The molecule has 0 aliphatic rings. The molecule has 2 N–H and O–H groups in total. The molecule has 16 heavy (non-hydrogen) atoms. The smallest absolute Gasteiger partial charge is 0.130 e. The molecule has 0 saturated heterocycles. The zero-order valence-corrected chi connectivity index (χ0v) is 10.4. The lowest BCUT2D eigenvalue weighted by molar-refractivity contribution is -0.117. The van der Waals surface area contributed by atoms with Gasteiger partial charge in [-0.3, -0.25) is 0 Å². The van der Waals surface area contributed by atoms with Gasteiger partial charge in [-0.05, 0) is 30.5 Å². The van der Waals surface area contributed by atoms with Crippen LogP contribution < -0.4 is 5.73 Å². The molecule has 0 bridgehead atoms. The molecule has 0 unspecified atom stereocenters. The summed E-state index contributed by atoms with van der Waals surface area (Å²) in [7, 11) is 0. The Morgan fingerprint density at radius 3 is 2.44 bits per heavy atom. The van der Waals surface area contributed by atoms with Crippen LogP contribution in [0.5, 0.6) is 0 Å². The lowest BCUT2D eigenvalue weighted by Gasteiger charge is -2.15. The zero-order valence-electron chi connectivity index (χ0n) is 10.4. The van der Waals surface area contributed by atoms with Gasteiger partial charge < -0.3 is 10.5 Å². The van der Waals surface area contributed by atoms with Gasteiger partial charge in [0.1, 0.15) is 5.78 Å². The van der Waals surface area contributed by atoms with Gasteiger partial charge in [0, 0.05) is 12.3 Å². The normalized spacial score (nSPS) is 12.8. The molecular formula is C14H21NO. The second-order valence-electron chi connectivity index (χ2n) is 4.66. The number of rotatable bonds is 5. The van der Waals surface area contributed by atoms with Crippen molar-refractivity contribution in [3.63, 3.8) is 0 Å². The predicted octanol–water partition coefficient (Wildman–Crippen LogP) is 2.83. The second-order valence-corrected chi connectivity index (χ2v) is 4.66. The first-order chi connectivity index (χ1) is 7.54. The summed E-state index contributed by atoms with van der Waals surface area (Å²) in [5.74, 6) is 0.873. The van der Waals surface area contributed by atoms with Gasteiger partial charge in [-0.25, -0.2) is 0 Å². The maximum Gasteiger partial charge on any atom is 0.130 e. The van der Waals surface area contributed by atoms with Crippen LogP contribution in [-0.2, 0) is 4.79 Å². The van der Waals surface area contributed by atoms with Gasteiger partial charge in [0.2, 0.25) is 0 Å². The summed E-state index contributed by atoms with van der Waals surface area (Å²) in [5, 5.41) is 0. The number of benzene rings is 1. The average Bonchev–Trinajstić information content (AvgIpc) is 2.25. The minimum Gasteiger partial charge on any atom is -0.330 e. The highest BCUT2D eigenvalue weighted by Crippen LogP contribution is 2.23. The molecule has 1 aromatic carbocycles. The fraction of sp³-hybridized carbons (Fsp3) is 0.500. The van der Waals surface area contributed by atoms with Crippen molar-refractivity contribution in [2.24, 2.45) is 5.73 Å². The van der Waals surface area contributed by atoms with E-state index >= 15 is 0 Å². The van der Waals surface area contributed by atoms with Crippen LogP contribution in [-0.4, -0.2) is 12.3 Å². The predicted molar refractivity (Wildman–Crippen MR) is 67.6 cm³/mol. The molecule has 0 radical (unpaired) electrons. The van der Waals surface area contributed by atoms with E-state index < -0.39 is 0 Å².